The third-order valence-corrected chi connectivity index (χ3v) is 3.24. The van der Waals surface area contributed by atoms with E-state index < -0.39 is 0 Å². The van der Waals surface area contributed by atoms with Crippen LogP contribution in [-0.4, -0.2) is 68.6 Å². The Morgan fingerprint density at radius 1 is 1.38 bits per heavy atom. The molecule has 0 aromatic rings. The average molecular weight is 228 g/mol. The van der Waals surface area contributed by atoms with E-state index in [4.69, 9.17) is 5.73 Å². The number of nitrogens with zero attached hydrogens (tertiary/aromatic N) is 2. The van der Waals surface area contributed by atoms with Crippen LogP contribution >= 0.6 is 0 Å². The fourth-order valence-corrected chi connectivity index (χ4v) is 2.06. The lowest BCUT2D eigenvalue weighted by molar-refractivity contribution is -0.120. The van der Waals surface area contributed by atoms with Gasteiger partial charge in [0.2, 0.25) is 5.91 Å². The van der Waals surface area contributed by atoms with Crippen molar-refractivity contribution < 1.29 is 4.79 Å². The van der Waals surface area contributed by atoms with Gasteiger partial charge in [0.05, 0.1) is 6.04 Å². The van der Waals surface area contributed by atoms with Gasteiger partial charge in [-0.2, -0.15) is 0 Å². The van der Waals surface area contributed by atoms with Crippen molar-refractivity contribution in [1.82, 2.24) is 15.1 Å². The van der Waals surface area contributed by atoms with Gasteiger partial charge in [0.15, 0.2) is 0 Å². The molecule has 1 amide bonds. The van der Waals surface area contributed by atoms with E-state index in [0.29, 0.717) is 0 Å². The van der Waals surface area contributed by atoms with E-state index >= 15 is 0 Å². The van der Waals surface area contributed by atoms with E-state index in [9.17, 15) is 4.79 Å². The molecule has 0 spiro atoms. The number of amides is 1. The molecule has 1 unspecified atom stereocenters. The van der Waals surface area contributed by atoms with Gasteiger partial charge in [0, 0.05) is 19.6 Å². The third-order valence-electron chi connectivity index (χ3n) is 3.24. The van der Waals surface area contributed by atoms with E-state index in [-0.39, 0.29) is 11.9 Å². The summed E-state index contributed by atoms with van der Waals surface area (Å²) < 4.78 is 0. The summed E-state index contributed by atoms with van der Waals surface area (Å²) in [7, 11) is 3.94. The molecule has 0 aromatic carbocycles. The summed E-state index contributed by atoms with van der Waals surface area (Å²) in [5.41, 5.74) is 5.29. The average Bonchev–Trinajstić information content (AvgIpc) is 2.44. The van der Waals surface area contributed by atoms with Crippen LogP contribution in [0.3, 0.4) is 0 Å². The van der Waals surface area contributed by atoms with Gasteiger partial charge in [-0.25, -0.2) is 0 Å². The number of primary amides is 1. The van der Waals surface area contributed by atoms with Gasteiger partial charge in [0.1, 0.15) is 0 Å². The number of likely N-dealkylation sites (N-methyl/N-ethyl adjacent to an activating group) is 2. The second kappa shape index (κ2) is 6.83. The molecule has 1 heterocycles. The predicted molar refractivity (Wildman–Crippen MR) is 65.2 cm³/mol. The van der Waals surface area contributed by atoms with Crippen LogP contribution in [0.2, 0.25) is 0 Å². The summed E-state index contributed by atoms with van der Waals surface area (Å²) in [4.78, 5) is 15.8. The summed E-state index contributed by atoms with van der Waals surface area (Å²) in [6.07, 6.45) is 2.01. The smallest absolute Gasteiger partial charge is 0.234 e. The summed E-state index contributed by atoms with van der Waals surface area (Å²) in [6.45, 7) is 5.44. The maximum Gasteiger partial charge on any atom is 0.234 e. The second-order valence-corrected chi connectivity index (χ2v) is 4.53. The Hall–Kier alpha value is -0.650. The van der Waals surface area contributed by atoms with Crippen molar-refractivity contribution in [3.05, 3.63) is 0 Å². The van der Waals surface area contributed by atoms with Gasteiger partial charge in [0.25, 0.3) is 0 Å². The molecule has 1 aliphatic heterocycles. The monoisotopic (exact) mass is 228 g/mol. The minimum atomic E-state index is -0.255. The van der Waals surface area contributed by atoms with E-state index in [1.807, 2.05) is 0 Å². The van der Waals surface area contributed by atoms with E-state index in [1.54, 1.807) is 7.05 Å². The molecule has 5 heteroatoms. The highest BCUT2D eigenvalue weighted by molar-refractivity contribution is 5.79. The number of hydrogen-bond acceptors (Lipinski definition) is 4. The summed E-state index contributed by atoms with van der Waals surface area (Å²) in [5.74, 6) is -0.255. The number of nitrogens with one attached hydrogen (secondary N) is 1. The first-order valence-corrected chi connectivity index (χ1v) is 6.01. The van der Waals surface area contributed by atoms with Crippen molar-refractivity contribution in [3.63, 3.8) is 0 Å². The van der Waals surface area contributed by atoms with Crippen LogP contribution in [0.25, 0.3) is 0 Å². The second-order valence-electron chi connectivity index (χ2n) is 4.53. The van der Waals surface area contributed by atoms with Crippen LogP contribution in [0.15, 0.2) is 0 Å². The number of rotatable bonds is 5. The molecule has 1 rings (SSSR count). The standard InChI is InChI=1S/C11H24N4O/c1-13-10(11(12)16)4-7-15-6-3-5-14(2)8-9-15/h10,13H,3-9H2,1-2H3,(H2,12,16). The molecule has 0 aromatic heterocycles. The van der Waals surface area contributed by atoms with Crippen molar-refractivity contribution in [1.29, 1.82) is 0 Å². The Morgan fingerprint density at radius 3 is 2.75 bits per heavy atom. The summed E-state index contributed by atoms with van der Waals surface area (Å²) in [5, 5.41) is 2.95. The molecular weight excluding hydrogens is 204 g/mol. The van der Waals surface area contributed by atoms with Crippen molar-refractivity contribution in [3.8, 4) is 0 Å². The van der Waals surface area contributed by atoms with Gasteiger partial charge in [-0.15, -0.1) is 0 Å². The molecule has 5 nitrogen and oxygen atoms in total. The van der Waals surface area contributed by atoms with Crippen LogP contribution in [-0.2, 0) is 4.79 Å². The van der Waals surface area contributed by atoms with Crippen LogP contribution in [0.1, 0.15) is 12.8 Å². The van der Waals surface area contributed by atoms with E-state index in [1.165, 1.54) is 13.0 Å². The topological polar surface area (TPSA) is 61.6 Å². The zero-order valence-corrected chi connectivity index (χ0v) is 10.4. The van der Waals surface area contributed by atoms with Crippen LogP contribution in [0, 0.1) is 0 Å². The molecule has 16 heavy (non-hydrogen) atoms. The normalized spacial score (nSPS) is 21.6. The molecule has 0 bridgehead atoms. The fraction of sp³-hybridized carbons (Fsp3) is 0.909. The number of hydrogen-bond donors (Lipinski definition) is 2. The Labute approximate surface area is 98.0 Å². The fourth-order valence-electron chi connectivity index (χ4n) is 2.06. The molecule has 3 N–H and O–H groups in total. The molecule has 1 atom stereocenters. The largest absolute Gasteiger partial charge is 0.368 e. The highest BCUT2D eigenvalue weighted by atomic mass is 16.1. The first-order chi connectivity index (χ1) is 7.63. The maximum absolute atomic E-state index is 11.1. The lowest BCUT2D eigenvalue weighted by Crippen LogP contribution is -2.42. The van der Waals surface area contributed by atoms with Crippen molar-refractivity contribution in [2.24, 2.45) is 5.73 Å². The molecule has 1 saturated heterocycles. The molecule has 1 fully saturated rings. The lowest BCUT2D eigenvalue weighted by atomic mass is 10.2. The maximum atomic E-state index is 11.1. The van der Waals surface area contributed by atoms with Gasteiger partial charge >= 0.3 is 0 Å². The van der Waals surface area contributed by atoms with Crippen molar-refractivity contribution in [2.45, 2.75) is 18.9 Å². The van der Waals surface area contributed by atoms with Crippen LogP contribution in [0.5, 0.6) is 0 Å². The molecule has 94 valence electrons. The Kier molecular flexibility index (Phi) is 5.73. The summed E-state index contributed by atoms with van der Waals surface area (Å²) in [6, 6.07) is -0.194. The highest BCUT2D eigenvalue weighted by Crippen LogP contribution is 2.03. The number of carbonyl (C=O) groups is 1. The lowest BCUT2D eigenvalue weighted by Gasteiger charge is -2.22. The van der Waals surface area contributed by atoms with Gasteiger partial charge in [-0.3, -0.25) is 4.79 Å². The number of carbonyl (C=O) groups excluding carboxylic acids is 1. The van der Waals surface area contributed by atoms with Crippen LogP contribution < -0.4 is 11.1 Å². The zero-order chi connectivity index (χ0) is 12.0. The third kappa shape index (κ3) is 4.47. The molecule has 0 aliphatic carbocycles. The van der Waals surface area contributed by atoms with Gasteiger partial charge in [-0.05, 0) is 40.0 Å². The van der Waals surface area contributed by atoms with Gasteiger partial charge in [-0.1, -0.05) is 0 Å². The summed E-state index contributed by atoms with van der Waals surface area (Å²) >= 11 is 0. The zero-order valence-electron chi connectivity index (χ0n) is 10.4. The first-order valence-electron chi connectivity index (χ1n) is 6.01. The van der Waals surface area contributed by atoms with Crippen LogP contribution in [0.4, 0.5) is 0 Å². The molecule has 0 saturated carbocycles. The Bertz CT molecular complexity index is 222. The SMILES string of the molecule is CNC(CCN1CCCN(C)CC1)C(N)=O. The Balaban J connectivity index is 2.28. The van der Waals surface area contributed by atoms with Gasteiger partial charge < -0.3 is 20.9 Å². The van der Waals surface area contributed by atoms with E-state index in [0.717, 1.165) is 32.6 Å². The predicted octanol–water partition coefficient (Wildman–Crippen LogP) is -0.913. The first kappa shape index (κ1) is 13.4. The minimum absolute atomic E-state index is 0.194. The Morgan fingerprint density at radius 2 is 2.12 bits per heavy atom. The molecular formula is C11H24N4O. The highest BCUT2D eigenvalue weighted by Gasteiger charge is 2.16. The van der Waals surface area contributed by atoms with Crippen molar-refractivity contribution in [2.75, 3.05) is 46.8 Å². The molecule has 1 aliphatic rings. The minimum Gasteiger partial charge on any atom is -0.368 e. The molecule has 0 radical (unpaired) electrons. The van der Waals surface area contributed by atoms with E-state index in [2.05, 4.69) is 22.2 Å². The van der Waals surface area contributed by atoms with Crippen molar-refractivity contribution >= 4 is 5.91 Å². The number of nitrogens with two attached hydrogens (primary N) is 1. The quantitative estimate of drug-likeness (QED) is 0.639.